The molecule has 0 saturated carbocycles. The molecule has 0 aliphatic carbocycles. The molecule has 1 saturated heterocycles. The summed E-state index contributed by atoms with van der Waals surface area (Å²) >= 11 is 0. The third-order valence-electron chi connectivity index (χ3n) is 2.79. The van der Waals surface area contributed by atoms with Gasteiger partial charge in [-0.15, -0.1) is 0 Å². The van der Waals surface area contributed by atoms with Crippen LogP contribution in [0.3, 0.4) is 0 Å². The van der Waals surface area contributed by atoms with Gasteiger partial charge in [-0.3, -0.25) is 0 Å². The minimum Gasteiger partial charge on any atom is -0.353 e. The number of benzene rings is 1. The third kappa shape index (κ3) is 1.70. The van der Waals surface area contributed by atoms with Crippen LogP contribution >= 0.6 is 0 Å². The molecule has 1 atom stereocenters. The van der Waals surface area contributed by atoms with E-state index in [-0.39, 0.29) is 6.04 Å². The van der Waals surface area contributed by atoms with Crippen molar-refractivity contribution in [2.75, 3.05) is 11.4 Å². The lowest BCUT2D eigenvalue weighted by atomic mass is 10.2. The van der Waals surface area contributed by atoms with Gasteiger partial charge in [0.1, 0.15) is 11.9 Å². The molecule has 0 unspecified atom stereocenters. The Balaban J connectivity index is 2.35. The number of rotatable bonds is 1. The predicted molar refractivity (Wildman–Crippen MR) is 57.1 cm³/mol. The Bertz CT molecular complexity index is 484. The predicted octanol–water partition coefficient (Wildman–Crippen LogP) is 2.19. The van der Waals surface area contributed by atoms with Gasteiger partial charge in [-0.2, -0.15) is 10.5 Å². The second kappa shape index (κ2) is 4.20. The molecule has 1 fully saturated rings. The maximum Gasteiger partial charge on any atom is 0.147 e. The van der Waals surface area contributed by atoms with Gasteiger partial charge >= 0.3 is 0 Å². The summed E-state index contributed by atoms with van der Waals surface area (Å²) < 4.78 is 13.7. The third-order valence-corrected chi connectivity index (χ3v) is 2.79. The van der Waals surface area contributed by atoms with Gasteiger partial charge < -0.3 is 4.90 Å². The van der Waals surface area contributed by atoms with E-state index in [4.69, 9.17) is 10.5 Å². The molecule has 4 heteroatoms. The fourth-order valence-corrected chi connectivity index (χ4v) is 2.00. The lowest BCUT2D eigenvalue weighted by molar-refractivity contribution is 0.619. The van der Waals surface area contributed by atoms with Crippen LogP contribution in [0.25, 0.3) is 0 Å². The van der Waals surface area contributed by atoms with E-state index >= 15 is 0 Å². The van der Waals surface area contributed by atoms with Gasteiger partial charge in [0.2, 0.25) is 0 Å². The summed E-state index contributed by atoms with van der Waals surface area (Å²) in [5, 5.41) is 17.6. The highest BCUT2D eigenvalue weighted by molar-refractivity contribution is 5.53. The molecule has 0 N–H and O–H groups in total. The Morgan fingerprint density at radius 1 is 1.38 bits per heavy atom. The zero-order valence-electron chi connectivity index (χ0n) is 8.65. The minimum atomic E-state index is -0.429. The highest BCUT2D eigenvalue weighted by Crippen LogP contribution is 2.28. The smallest absolute Gasteiger partial charge is 0.147 e. The Labute approximate surface area is 93.3 Å². The molecular formula is C12H10FN3. The summed E-state index contributed by atoms with van der Waals surface area (Å²) in [6, 6.07) is 8.16. The van der Waals surface area contributed by atoms with Crippen molar-refractivity contribution in [3.63, 3.8) is 0 Å². The molecule has 1 aromatic carbocycles. The summed E-state index contributed by atoms with van der Waals surface area (Å²) in [7, 11) is 0. The van der Waals surface area contributed by atoms with Crippen molar-refractivity contribution in [3.05, 3.63) is 29.6 Å². The molecule has 0 bridgehead atoms. The molecule has 3 nitrogen and oxygen atoms in total. The van der Waals surface area contributed by atoms with Gasteiger partial charge in [0.05, 0.1) is 23.4 Å². The van der Waals surface area contributed by atoms with E-state index in [0.29, 0.717) is 17.8 Å². The normalized spacial score (nSPS) is 19.2. The number of halogens is 1. The topological polar surface area (TPSA) is 50.8 Å². The molecule has 0 spiro atoms. The van der Waals surface area contributed by atoms with Gasteiger partial charge in [-0.1, -0.05) is 0 Å². The second-order valence-electron chi connectivity index (χ2n) is 3.76. The Hall–Kier alpha value is -2.07. The van der Waals surface area contributed by atoms with E-state index in [0.717, 1.165) is 12.8 Å². The van der Waals surface area contributed by atoms with Crippen LogP contribution in [0.4, 0.5) is 10.1 Å². The second-order valence-corrected chi connectivity index (χ2v) is 3.76. The largest absolute Gasteiger partial charge is 0.353 e. The fourth-order valence-electron chi connectivity index (χ4n) is 2.00. The van der Waals surface area contributed by atoms with E-state index in [9.17, 15) is 4.39 Å². The maximum absolute atomic E-state index is 13.7. The molecule has 16 heavy (non-hydrogen) atoms. The van der Waals surface area contributed by atoms with E-state index in [1.807, 2.05) is 6.07 Å². The Kier molecular flexibility index (Phi) is 2.74. The molecule has 0 radical (unpaired) electrons. The highest BCUT2D eigenvalue weighted by Gasteiger charge is 2.26. The van der Waals surface area contributed by atoms with Crippen molar-refractivity contribution in [1.29, 1.82) is 10.5 Å². The summed E-state index contributed by atoms with van der Waals surface area (Å²) in [5.74, 6) is -0.429. The lowest BCUT2D eigenvalue weighted by Gasteiger charge is -2.22. The first-order valence-electron chi connectivity index (χ1n) is 5.12. The molecular weight excluding hydrogens is 205 g/mol. The first-order valence-corrected chi connectivity index (χ1v) is 5.12. The van der Waals surface area contributed by atoms with Crippen LogP contribution in [0, 0.1) is 28.5 Å². The quantitative estimate of drug-likeness (QED) is 0.721. The SMILES string of the molecule is N#Cc1ccc(N2CCC[C@@H]2C#N)c(F)c1. The van der Waals surface area contributed by atoms with Crippen LogP contribution in [0.15, 0.2) is 18.2 Å². The zero-order valence-corrected chi connectivity index (χ0v) is 8.65. The zero-order chi connectivity index (χ0) is 11.5. The summed E-state index contributed by atoms with van der Waals surface area (Å²) in [5.41, 5.74) is 0.719. The molecule has 0 aromatic heterocycles. The van der Waals surface area contributed by atoms with Crippen molar-refractivity contribution in [2.24, 2.45) is 0 Å². The van der Waals surface area contributed by atoms with E-state index < -0.39 is 5.82 Å². The van der Waals surface area contributed by atoms with Crippen molar-refractivity contribution in [3.8, 4) is 12.1 Å². The number of hydrogen-bond donors (Lipinski definition) is 0. The first kappa shape index (κ1) is 10.4. The van der Waals surface area contributed by atoms with Gasteiger partial charge in [-0.05, 0) is 31.0 Å². The average Bonchev–Trinajstić information content (AvgIpc) is 2.76. The van der Waals surface area contributed by atoms with Crippen LogP contribution in [0.1, 0.15) is 18.4 Å². The van der Waals surface area contributed by atoms with Gasteiger partial charge in [0, 0.05) is 6.54 Å². The number of nitriles is 2. The highest BCUT2D eigenvalue weighted by atomic mass is 19.1. The number of hydrogen-bond acceptors (Lipinski definition) is 3. The van der Waals surface area contributed by atoms with Crippen LogP contribution in [0.2, 0.25) is 0 Å². The Morgan fingerprint density at radius 3 is 2.81 bits per heavy atom. The average molecular weight is 215 g/mol. The molecule has 2 rings (SSSR count). The van der Waals surface area contributed by atoms with Crippen molar-refractivity contribution in [1.82, 2.24) is 0 Å². The molecule has 0 amide bonds. The monoisotopic (exact) mass is 215 g/mol. The van der Waals surface area contributed by atoms with Gasteiger partial charge in [-0.25, -0.2) is 4.39 Å². The standard InChI is InChI=1S/C12H10FN3/c13-11-6-9(7-14)3-4-12(11)16-5-1-2-10(16)8-15/h3-4,6,10H,1-2,5H2/t10-/m1/s1. The number of anilines is 1. The molecule has 1 aromatic rings. The maximum atomic E-state index is 13.7. The van der Waals surface area contributed by atoms with Crippen molar-refractivity contribution in [2.45, 2.75) is 18.9 Å². The van der Waals surface area contributed by atoms with Crippen molar-refractivity contribution < 1.29 is 4.39 Å². The van der Waals surface area contributed by atoms with E-state index in [1.54, 1.807) is 17.0 Å². The summed E-state index contributed by atoms with van der Waals surface area (Å²) in [6.45, 7) is 0.695. The van der Waals surface area contributed by atoms with E-state index in [1.165, 1.54) is 6.07 Å². The molecule has 1 aliphatic heterocycles. The van der Waals surface area contributed by atoms with E-state index in [2.05, 4.69) is 6.07 Å². The van der Waals surface area contributed by atoms with Gasteiger partial charge in [0.25, 0.3) is 0 Å². The minimum absolute atomic E-state index is 0.248. The lowest BCUT2D eigenvalue weighted by Crippen LogP contribution is -2.28. The fraction of sp³-hybridized carbons (Fsp3) is 0.333. The molecule has 80 valence electrons. The number of nitrogens with zero attached hydrogens (tertiary/aromatic N) is 3. The summed E-state index contributed by atoms with van der Waals surface area (Å²) in [4.78, 5) is 1.76. The summed E-state index contributed by atoms with van der Waals surface area (Å²) in [6.07, 6.45) is 1.67. The molecule has 1 aliphatic rings. The van der Waals surface area contributed by atoms with Crippen LogP contribution in [0.5, 0.6) is 0 Å². The van der Waals surface area contributed by atoms with Crippen LogP contribution in [-0.4, -0.2) is 12.6 Å². The van der Waals surface area contributed by atoms with Crippen LogP contribution in [-0.2, 0) is 0 Å². The van der Waals surface area contributed by atoms with Crippen molar-refractivity contribution >= 4 is 5.69 Å². The molecule has 1 heterocycles. The Morgan fingerprint density at radius 2 is 2.19 bits per heavy atom. The van der Waals surface area contributed by atoms with Crippen LogP contribution < -0.4 is 4.90 Å². The first-order chi connectivity index (χ1) is 7.76. The van der Waals surface area contributed by atoms with Gasteiger partial charge in [0.15, 0.2) is 0 Å².